The molecule has 0 spiro atoms. The molecule has 1 nitrogen and oxygen atoms in total. The fourth-order valence-electron chi connectivity index (χ4n) is 2.81. The maximum Gasteiger partial charge on any atom is 0.0809 e. The molecule has 0 aromatic carbocycles. The van der Waals surface area contributed by atoms with Crippen molar-refractivity contribution < 1.29 is 16.9 Å². The lowest BCUT2D eigenvalue weighted by Gasteiger charge is -2.40. The van der Waals surface area contributed by atoms with E-state index in [9.17, 15) is 0 Å². The quantitative estimate of drug-likeness (QED) is 0.544. The Morgan fingerprint density at radius 3 is 1.33 bits per heavy atom. The molecular weight excluding hydrogens is 206 g/mol. The van der Waals surface area contributed by atoms with Crippen LogP contribution in [0.25, 0.3) is 0 Å². The normalized spacial score (nSPS) is 11.6. The predicted molar refractivity (Wildman–Crippen MR) is 65.4 cm³/mol. The van der Waals surface area contributed by atoms with Crippen molar-refractivity contribution in [3.63, 3.8) is 0 Å². The van der Waals surface area contributed by atoms with Crippen LogP contribution in [-0.4, -0.2) is 30.7 Å². The van der Waals surface area contributed by atoms with Gasteiger partial charge in [0.05, 0.1) is 26.2 Å². The van der Waals surface area contributed by atoms with Gasteiger partial charge in [-0.25, -0.2) is 0 Å². The number of nitrogens with zero attached hydrogens (tertiary/aromatic N) is 1. The summed E-state index contributed by atoms with van der Waals surface area (Å²) in [5.74, 6) is 0.833. The van der Waals surface area contributed by atoms with Crippen LogP contribution in [0.3, 0.4) is 0 Å². The van der Waals surface area contributed by atoms with Crippen LogP contribution in [0.5, 0.6) is 0 Å². The number of quaternary nitrogens is 1. The third-order valence-electron chi connectivity index (χ3n) is 2.85. The third-order valence-corrected chi connectivity index (χ3v) is 2.85. The van der Waals surface area contributed by atoms with E-state index < -0.39 is 0 Å². The van der Waals surface area contributed by atoms with E-state index >= 15 is 0 Å². The van der Waals surface area contributed by atoms with Crippen LogP contribution in [0.4, 0.5) is 0 Å². The first-order valence-corrected chi connectivity index (χ1v) is 6.45. The van der Waals surface area contributed by atoms with Crippen molar-refractivity contribution in [2.75, 3.05) is 26.2 Å². The highest BCUT2D eigenvalue weighted by Gasteiger charge is 2.25. The minimum atomic E-state index is 0. The average molecular weight is 236 g/mol. The summed E-state index contributed by atoms with van der Waals surface area (Å²) in [4.78, 5) is 0. The Kier molecular flexibility index (Phi) is 11.1. The van der Waals surface area contributed by atoms with Crippen molar-refractivity contribution >= 4 is 0 Å². The molecule has 0 saturated carbocycles. The van der Waals surface area contributed by atoms with Crippen LogP contribution in [0, 0.1) is 5.92 Å². The van der Waals surface area contributed by atoms with Crippen molar-refractivity contribution in [3.8, 4) is 0 Å². The van der Waals surface area contributed by atoms with Gasteiger partial charge in [0, 0.05) is 5.92 Å². The van der Waals surface area contributed by atoms with Crippen LogP contribution < -0.4 is 12.4 Å². The van der Waals surface area contributed by atoms with Gasteiger partial charge < -0.3 is 16.9 Å². The lowest BCUT2D eigenvalue weighted by molar-refractivity contribution is -0.931. The highest BCUT2D eigenvalue weighted by Crippen LogP contribution is 2.15. The molecule has 0 aromatic heterocycles. The molecule has 0 aliphatic heterocycles. The Hall–Kier alpha value is 0.250. The molecule has 0 heterocycles. The molecule has 0 fully saturated rings. The van der Waals surface area contributed by atoms with Gasteiger partial charge in [0.15, 0.2) is 0 Å². The van der Waals surface area contributed by atoms with Gasteiger partial charge in [-0.1, -0.05) is 34.6 Å². The first kappa shape index (κ1) is 17.6. The monoisotopic (exact) mass is 235 g/mol. The molecule has 0 saturated heterocycles. The standard InChI is InChI=1S/C13H30N.ClH/c1-6-9-14(10-7-2,11-8-3)12-13(4)5;/h13H,6-12H2,1-5H3;1H/q+1;/p-1. The molecule has 0 aromatic rings. The minimum Gasteiger partial charge on any atom is -1.00 e. The Labute approximate surface area is 103 Å². The maximum absolute atomic E-state index is 2.36. The molecule has 2 heteroatoms. The second kappa shape index (κ2) is 9.47. The molecule has 0 atom stereocenters. The van der Waals surface area contributed by atoms with Gasteiger partial charge in [-0.2, -0.15) is 0 Å². The van der Waals surface area contributed by atoms with Crippen LogP contribution >= 0.6 is 0 Å². The van der Waals surface area contributed by atoms with Crippen molar-refractivity contribution in [1.29, 1.82) is 0 Å². The fourth-order valence-corrected chi connectivity index (χ4v) is 2.81. The van der Waals surface area contributed by atoms with Gasteiger partial charge in [-0.15, -0.1) is 0 Å². The molecule has 0 N–H and O–H groups in total. The van der Waals surface area contributed by atoms with E-state index in [4.69, 9.17) is 0 Å². The second-order valence-electron chi connectivity index (χ2n) is 5.09. The molecule has 0 aliphatic rings. The van der Waals surface area contributed by atoms with Gasteiger partial charge >= 0.3 is 0 Å². The lowest BCUT2D eigenvalue weighted by atomic mass is 10.1. The lowest BCUT2D eigenvalue weighted by Crippen LogP contribution is -3.00. The van der Waals surface area contributed by atoms with E-state index in [-0.39, 0.29) is 12.4 Å². The van der Waals surface area contributed by atoms with Crippen molar-refractivity contribution in [1.82, 2.24) is 0 Å². The molecule has 94 valence electrons. The molecule has 0 unspecified atom stereocenters. The second-order valence-corrected chi connectivity index (χ2v) is 5.09. The number of halogens is 1. The maximum atomic E-state index is 2.36. The minimum absolute atomic E-state index is 0. The largest absolute Gasteiger partial charge is 1.00 e. The van der Waals surface area contributed by atoms with E-state index in [1.807, 2.05) is 0 Å². The third kappa shape index (κ3) is 7.19. The van der Waals surface area contributed by atoms with Crippen LogP contribution in [-0.2, 0) is 0 Å². The van der Waals surface area contributed by atoms with E-state index in [2.05, 4.69) is 34.6 Å². The molecule has 0 amide bonds. The van der Waals surface area contributed by atoms with E-state index in [0.717, 1.165) is 5.92 Å². The van der Waals surface area contributed by atoms with Crippen molar-refractivity contribution in [3.05, 3.63) is 0 Å². The molecule has 15 heavy (non-hydrogen) atoms. The molecular formula is C13H30ClN. The Morgan fingerprint density at radius 2 is 1.13 bits per heavy atom. The van der Waals surface area contributed by atoms with Crippen LogP contribution in [0.1, 0.15) is 53.9 Å². The summed E-state index contributed by atoms with van der Waals surface area (Å²) >= 11 is 0. The summed E-state index contributed by atoms with van der Waals surface area (Å²) in [6, 6.07) is 0. The average Bonchev–Trinajstić information content (AvgIpc) is 2.03. The molecule has 0 aliphatic carbocycles. The van der Waals surface area contributed by atoms with Gasteiger partial charge in [-0.05, 0) is 19.3 Å². The van der Waals surface area contributed by atoms with E-state index in [1.165, 1.54) is 49.9 Å². The van der Waals surface area contributed by atoms with Crippen molar-refractivity contribution in [2.45, 2.75) is 53.9 Å². The molecule has 0 radical (unpaired) electrons. The van der Waals surface area contributed by atoms with E-state index in [1.54, 1.807) is 0 Å². The van der Waals surface area contributed by atoms with Gasteiger partial charge in [-0.3, -0.25) is 0 Å². The van der Waals surface area contributed by atoms with Crippen LogP contribution in [0.2, 0.25) is 0 Å². The van der Waals surface area contributed by atoms with Gasteiger partial charge in [0.25, 0.3) is 0 Å². The smallest absolute Gasteiger partial charge is 0.0809 e. The summed E-state index contributed by atoms with van der Waals surface area (Å²) in [5, 5.41) is 0. The Bertz CT molecular complexity index is 117. The highest BCUT2D eigenvalue weighted by atomic mass is 35.5. The zero-order chi connectivity index (χ0) is 11.0. The molecule has 0 rings (SSSR count). The number of rotatable bonds is 8. The number of hydrogen-bond acceptors (Lipinski definition) is 0. The first-order chi connectivity index (χ1) is 6.60. The van der Waals surface area contributed by atoms with Gasteiger partial charge in [0.1, 0.15) is 0 Å². The number of hydrogen-bond donors (Lipinski definition) is 0. The fraction of sp³-hybridized carbons (Fsp3) is 1.00. The summed E-state index contributed by atoms with van der Waals surface area (Å²) in [7, 11) is 0. The SMILES string of the molecule is CCC[N+](CCC)(CCC)CC(C)C.[Cl-]. The van der Waals surface area contributed by atoms with Crippen molar-refractivity contribution in [2.24, 2.45) is 5.92 Å². The Morgan fingerprint density at radius 1 is 0.800 bits per heavy atom. The zero-order valence-electron chi connectivity index (χ0n) is 11.4. The topological polar surface area (TPSA) is 0 Å². The van der Waals surface area contributed by atoms with Gasteiger partial charge in [0.2, 0.25) is 0 Å². The molecule has 0 bridgehead atoms. The summed E-state index contributed by atoms with van der Waals surface area (Å²) in [5.41, 5.74) is 0. The Balaban J connectivity index is 0. The first-order valence-electron chi connectivity index (χ1n) is 6.45. The highest BCUT2D eigenvalue weighted by molar-refractivity contribution is 4.48. The summed E-state index contributed by atoms with van der Waals surface area (Å²) < 4.78 is 1.36. The summed E-state index contributed by atoms with van der Waals surface area (Å²) in [6.45, 7) is 17.2. The summed E-state index contributed by atoms with van der Waals surface area (Å²) in [6.07, 6.45) is 3.98. The predicted octanol–water partition coefficient (Wildman–Crippen LogP) is 0.693. The zero-order valence-corrected chi connectivity index (χ0v) is 12.1. The van der Waals surface area contributed by atoms with E-state index in [0.29, 0.717) is 0 Å². The van der Waals surface area contributed by atoms with Crippen LogP contribution in [0.15, 0.2) is 0 Å².